The quantitative estimate of drug-likeness (QED) is 0.908. The molecule has 2 aromatic rings. The Morgan fingerprint density at radius 2 is 2.21 bits per heavy atom. The second kappa shape index (κ2) is 7.42. The number of hydrogen-bond acceptors (Lipinski definition) is 5. The summed E-state index contributed by atoms with van der Waals surface area (Å²) in [6, 6.07) is 7.91. The molecule has 2 heterocycles. The van der Waals surface area contributed by atoms with Gasteiger partial charge in [0.1, 0.15) is 5.75 Å². The Morgan fingerprint density at radius 3 is 2.88 bits per heavy atom. The molecule has 1 aliphatic heterocycles. The molecule has 1 aromatic carbocycles. The summed E-state index contributed by atoms with van der Waals surface area (Å²) in [6.45, 7) is 3.57. The van der Waals surface area contributed by atoms with Crippen LogP contribution in [0.2, 0.25) is 0 Å². The first kappa shape index (κ1) is 16.4. The molecule has 1 fully saturated rings. The van der Waals surface area contributed by atoms with Gasteiger partial charge in [-0.15, -0.1) is 10.2 Å². The highest BCUT2D eigenvalue weighted by molar-refractivity contribution is 5.77. The van der Waals surface area contributed by atoms with Crippen molar-refractivity contribution in [3.8, 4) is 5.75 Å². The number of amides is 1. The number of hydrogen-bond donors (Lipinski definition) is 1. The Hall–Kier alpha value is -2.44. The Bertz CT molecular complexity index is 656. The van der Waals surface area contributed by atoms with E-state index in [4.69, 9.17) is 4.74 Å². The number of tetrazole rings is 1. The first-order valence-corrected chi connectivity index (χ1v) is 8.32. The third-order valence-corrected chi connectivity index (χ3v) is 4.67. The topological polar surface area (TPSA) is 84.0 Å². The van der Waals surface area contributed by atoms with E-state index in [1.165, 1.54) is 0 Å². The summed E-state index contributed by atoms with van der Waals surface area (Å²) >= 11 is 0. The van der Waals surface area contributed by atoms with Gasteiger partial charge in [0.15, 0.2) is 5.82 Å². The van der Waals surface area contributed by atoms with Crippen molar-refractivity contribution in [1.29, 1.82) is 0 Å². The maximum absolute atomic E-state index is 12.7. The van der Waals surface area contributed by atoms with E-state index in [0.717, 1.165) is 30.7 Å². The van der Waals surface area contributed by atoms with E-state index in [2.05, 4.69) is 27.5 Å². The second-order valence-electron chi connectivity index (χ2n) is 6.33. The fourth-order valence-electron chi connectivity index (χ4n) is 3.20. The molecule has 0 unspecified atom stereocenters. The van der Waals surface area contributed by atoms with Gasteiger partial charge in [0.25, 0.3) is 0 Å². The number of methoxy groups -OCH3 is 1. The zero-order valence-electron chi connectivity index (χ0n) is 14.1. The maximum Gasteiger partial charge on any atom is 0.223 e. The average molecular weight is 329 g/mol. The summed E-state index contributed by atoms with van der Waals surface area (Å²) in [5, 5.41) is 14.2. The van der Waals surface area contributed by atoms with Crippen molar-refractivity contribution >= 4 is 5.91 Å². The van der Waals surface area contributed by atoms with Crippen LogP contribution < -0.4 is 4.74 Å². The monoisotopic (exact) mass is 329 g/mol. The molecule has 7 nitrogen and oxygen atoms in total. The van der Waals surface area contributed by atoms with Crippen LogP contribution in [0, 0.1) is 0 Å². The fourth-order valence-corrected chi connectivity index (χ4v) is 3.20. The molecule has 1 amide bonds. The van der Waals surface area contributed by atoms with Crippen LogP contribution in [-0.4, -0.2) is 51.6 Å². The summed E-state index contributed by atoms with van der Waals surface area (Å²) < 4.78 is 5.18. The third kappa shape index (κ3) is 3.72. The molecule has 0 bridgehead atoms. The normalized spacial score (nSPS) is 19.1. The van der Waals surface area contributed by atoms with Crippen LogP contribution in [0.25, 0.3) is 0 Å². The molecule has 0 radical (unpaired) electrons. The number of H-pyrrole nitrogens is 1. The van der Waals surface area contributed by atoms with Crippen LogP contribution in [-0.2, 0) is 4.79 Å². The highest BCUT2D eigenvalue weighted by atomic mass is 16.5. The standard InChI is InChI=1S/C17H23N5O2/c1-12(13-5-7-15(24-2)8-6-13)10-16(23)22-9-3-4-14(11-22)17-18-20-21-19-17/h5-8,12,14H,3-4,9-11H2,1-2H3,(H,18,19,20,21)/t12-,14-/m1/s1. The van der Waals surface area contributed by atoms with Gasteiger partial charge in [-0.2, -0.15) is 5.21 Å². The highest BCUT2D eigenvalue weighted by Gasteiger charge is 2.27. The van der Waals surface area contributed by atoms with Gasteiger partial charge in [0.2, 0.25) is 5.91 Å². The van der Waals surface area contributed by atoms with Crippen LogP contribution in [0.5, 0.6) is 5.75 Å². The predicted octanol–water partition coefficient (Wildman–Crippen LogP) is 2.11. The smallest absolute Gasteiger partial charge is 0.223 e. The van der Waals surface area contributed by atoms with Crippen LogP contribution in [0.1, 0.15) is 49.4 Å². The lowest BCUT2D eigenvalue weighted by molar-refractivity contribution is -0.132. The van der Waals surface area contributed by atoms with Crippen molar-refractivity contribution in [3.05, 3.63) is 35.7 Å². The molecule has 24 heavy (non-hydrogen) atoms. The second-order valence-corrected chi connectivity index (χ2v) is 6.33. The minimum Gasteiger partial charge on any atom is -0.497 e. The Kier molecular flexibility index (Phi) is 5.08. The van der Waals surface area contributed by atoms with Crippen molar-refractivity contribution in [2.45, 2.75) is 38.0 Å². The maximum atomic E-state index is 12.7. The van der Waals surface area contributed by atoms with E-state index in [9.17, 15) is 4.79 Å². The Morgan fingerprint density at radius 1 is 1.42 bits per heavy atom. The highest BCUT2D eigenvalue weighted by Crippen LogP contribution is 2.27. The number of likely N-dealkylation sites (tertiary alicyclic amines) is 1. The SMILES string of the molecule is COc1ccc([C@H](C)CC(=O)N2CCC[C@@H](c3nn[nH]n3)C2)cc1. The largest absolute Gasteiger partial charge is 0.497 e. The van der Waals surface area contributed by atoms with E-state index < -0.39 is 0 Å². The molecule has 0 aliphatic carbocycles. The number of rotatable bonds is 5. The van der Waals surface area contributed by atoms with Crippen LogP contribution in [0.15, 0.2) is 24.3 Å². The molecule has 0 spiro atoms. The number of nitrogens with zero attached hydrogens (tertiary/aromatic N) is 4. The van der Waals surface area contributed by atoms with Crippen molar-refractivity contribution < 1.29 is 9.53 Å². The first-order valence-electron chi connectivity index (χ1n) is 8.32. The van der Waals surface area contributed by atoms with E-state index in [0.29, 0.717) is 18.8 Å². The molecule has 2 atom stereocenters. The van der Waals surface area contributed by atoms with Gasteiger partial charge in [-0.3, -0.25) is 4.79 Å². The predicted molar refractivity (Wildman–Crippen MR) is 88.8 cm³/mol. The van der Waals surface area contributed by atoms with E-state index in [1.54, 1.807) is 7.11 Å². The zero-order valence-corrected chi connectivity index (χ0v) is 14.1. The molecular formula is C17H23N5O2. The number of carbonyl (C=O) groups excluding carboxylic acids is 1. The molecule has 1 N–H and O–H groups in total. The van der Waals surface area contributed by atoms with Crippen LogP contribution in [0.4, 0.5) is 0 Å². The summed E-state index contributed by atoms with van der Waals surface area (Å²) in [7, 11) is 1.65. The lowest BCUT2D eigenvalue weighted by Gasteiger charge is -2.32. The van der Waals surface area contributed by atoms with Gasteiger partial charge >= 0.3 is 0 Å². The van der Waals surface area contributed by atoms with E-state index >= 15 is 0 Å². The molecular weight excluding hydrogens is 306 g/mol. The van der Waals surface area contributed by atoms with Crippen molar-refractivity contribution in [1.82, 2.24) is 25.5 Å². The lowest BCUT2D eigenvalue weighted by atomic mass is 9.94. The number of piperidine rings is 1. The number of benzene rings is 1. The van der Waals surface area contributed by atoms with Crippen LogP contribution >= 0.6 is 0 Å². The first-order chi connectivity index (χ1) is 11.7. The molecule has 7 heteroatoms. The number of aromatic nitrogens is 4. The molecule has 1 aromatic heterocycles. The van der Waals surface area contributed by atoms with Crippen LogP contribution in [0.3, 0.4) is 0 Å². The van der Waals surface area contributed by atoms with Gasteiger partial charge in [-0.05, 0) is 36.5 Å². The summed E-state index contributed by atoms with van der Waals surface area (Å²) in [5.41, 5.74) is 1.15. The number of nitrogens with one attached hydrogen (secondary N) is 1. The number of aromatic amines is 1. The zero-order chi connectivity index (χ0) is 16.9. The van der Waals surface area contributed by atoms with Crippen molar-refractivity contribution in [3.63, 3.8) is 0 Å². The minimum absolute atomic E-state index is 0.175. The minimum atomic E-state index is 0.175. The summed E-state index contributed by atoms with van der Waals surface area (Å²) in [6.07, 6.45) is 2.48. The third-order valence-electron chi connectivity index (χ3n) is 4.67. The van der Waals surface area contributed by atoms with Gasteiger partial charge in [0, 0.05) is 25.4 Å². The molecule has 1 aliphatic rings. The Balaban J connectivity index is 1.59. The summed E-state index contributed by atoms with van der Waals surface area (Å²) in [5.74, 6) is 2.07. The fraction of sp³-hybridized carbons (Fsp3) is 0.529. The van der Waals surface area contributed by atoms with Gasteiger partial charge in [-0.1, -0.05) is 24.3 Å². The van der Waals surface area contributed by atoms with E-state index in [1.807, 2.05) is 29.2 Å². The summed E-state index contributed by atoms with van der Waals surface area (Å²) in [4.78, 5) is 14.6. The van der Waals surface area contributed by atoms with Crippen molar-refractivity contribution in [2.75, 3.05) is 20.2 Å². The van der Waals surface area contributed by atoms with Gasteiger partial charge in [-0.25, -0.2) is 0 Å². The average Bonchev–Trinajstić information content (AvgIpc) is 3.16. The van der Waals surface area contributed by atoms with Gasteiger partial charge in [0.05, 0.1) is 7.11 Å². The Labute approximate surface area is 141 Å². The molecule has 0 saturated carbocycles. The lowest BCUT2D eigenvalue weighted by Crippen LogP contribution is -2.39. The van der Waals surface area contributed by atoms with Gasteiger partial charge < -0.3 is 9.64 Å². The number of ether oxygens (including phenoxy) is 1. The molecule has 3 rings (SSSR count). The molecule has 1 saturated heterocycles. The molecule has 128 valence electrons. The van der Waals surface area contributed by atoms with Crippen molar-refractivity contribution in [2.24, 2.45) is 0 Å². The number of carbonyl (C=O) groups is 1. The van der Waals surface area contributed by atoms with E-state index in [-0.39, 0.29) is 17.7 Å².